The Balaban J connectivity index is 1.86. The molecule has 0 fully saturated rings. The summed E-state index contributed by atoms with van der Waals surface area (Å²) in [7, 11) is 0. The lowest BCUT2D eigenvalue weighted by molar-refractivity contribution is 0.241. The summed E-state index contributed by atoms with van der Waals surface area (Å²) in [4.78, 5) is 1.27. The number of benzene rings is 1. The highest BCUT2D eigenvalue weighted by molar-refractivity contribution is 9.11. The molecule has 96 valence electrons. The average Bonchev–Trinajstić information content (AvgIpc) is 2.81. The van der Waals surface area contributed by atoms with Crippen LogP contribution in [0.15, 0.2) is 46.3 Å². The van der Waals surface area contributed by atoms with E-state index < -0.39 is 0 Å². The van der Waals surface area contributed by atoms with Gasteiger partial charge in [-0.25, -0.2) is 0 Å². The van der Waals surface area contributed by atoms with Gasteiger partial charge < -0.3 is 10.4 Å². The van der Waals surface area contributed by atoms with Crippen molar-refractivity contribution in [3.63, 3.8) is 0 Å². The molecule has 0 bridgehead atoms. The zero-order valence-electron chi connectivity index (χ0n) is 9.97. The van der Waals surface area contributed by atoms with Gasteiger partial charge in [0.05, 0.1) is 10.4 Å². The van der Waals surface area contributed by atoms with Crippen LogP contribution in [0.1, 0.15) is 10.4 Å². The third-order valence-corrected chi connectivity index (χ3v) is 4.36. The second-order valence-electron chi connectivity index (χ2n) is 4.16. The van der Waals surface area contributed by atoms with Crippen molar-refractivity contribution in [3.05, 3.63) is 56.7 Å². The molecule has 0 aliphatic rings. The molecule has 0 saturated heterocycles. The molecule has 1 aromatic heterocycles. The molecule has 0 aliphatic carbocycles. The number of hydrogen-bond acceptors (Lipinski definition) is 3. The van der Waals surface area contributed by atoms with E-state index >= 15 is 0 Å². The third kappa shape index (κ3) is 4.21. The fraction of sp³-hybridized carbons (Fsp3) is 0.286. The summed E-state index contributed by atoms with van der Waals surface area (Å²) in [5.74, 6) is 0. The molecule has 0 radical (unpaired) electrons. The highest BCUT2D eigenvalue weighted by atomic mass is 79.9. The molecule has 2 rings (SSSR count). The van der Waals surface area contributed by atoms with Crippen molar-refractivity contribution in [2.45, 2.75) is 19.0 Å². The second kappa shape index (κ2) is 7.04. The van der Waals surface area contributed by atoms with Crippen LogP contribution in [0.4, 0.5) is 0 Å². The Morgan fingerprint density at radius 2 is 1.94 bits per heavy atom. The van der Waals surface area contributed by atoms with Gasteiger partial charge in [0, 0.05) is 17.5 Å². The van der Waals surface area contributed by atoms with Crippen LogP contribution < -0.4 is 5.32 Å². The number of halogens is 1. The fourth-order valence-electron chi connectivity index (χ4n) is 1.79. The van der Waals surface area contributed by atoms with Crippen LogP contribution in [-0.2, 0) is 13.0 Å². The average molecular weight is 326 g/mol. The number of rotatable bonds is 6. The van der Waals surface area contributed by atoms with Crippen molar-refractivity contribution in [1.29, 1.82) is 0 Å². The van der Waals surface area contributed by atoms with Crippen molar-refractivity contribution in [1.82, 2.24) is 5.32 Å². The van der Waals surface area contributed by atoms with Gasteiger partial charge >= 0.3 is 0 Å². The summed E-state index contributed by atoms with van der Waals surface area (Å²) in [5.41, 5.74) is 1.25. The highest BCUT2D eigenvalue weighted by Crippen LogP contribution is 2.21. The molecule has 0 spiro atoms. The maximum atomic E-state index is 9.40. The summed E-state index contributed by atoms with van der Waals surface area (Å²) < 4.78 is 1.14. The van der Waals surface area contributed by atoms with Gasteiger partial charge in [0.1, 0.15) is 0 Å². The molecule has 1 aromatic carbocycles. The van der Waals surface area contributed by atoms with Crippen LogP contribution in [0, 0.1) is 0 Å². The van der Waals surface area contributed by atoms with Crippen LogP contribution in [0.5, 0.6) is 0 Å². The predicted molar refractivity (Wildman–Crippen MR) is 79.9 cm³/mol. The largest absolute Gasteiger partial charge is 0.395 e. The molecule has 4 heteroatoms. The quantitative estimate of drug-likeness (QED) is 0.854. The van der Waals surface area contributed by atoms with Crippen LogP contribution in [0.25, 0.3) is 0 Å². The predicted octanol–water partition coefficient (Wildman–Crippen LogP) is 3.20. The number of nitrogens with one attached hydrogen (secondary N) is 1. The zero-order chi connectivity index (χ0) is 12.8. The molecular formula is C14H16BrNOS. The molecular weight excluding hydrogens is 310 g/mol. The van der Waals surface area contributed by atoms with Gasteiger partial charge in [-0.05, 0) is 40.0 Å². The minimum atomic E-state index is 0.105. The first-order valence-corrected chi connectivity index (χ1v) is 7.51. The second-order valence-corrected chi connectivity index (χ2v) is 6.70. The minimum absolute atomic E-state index is 0.105. The summed E-state index contributed by atoms with van der Waals surface area (Å²) in [6, 6.07) is 14.5. The van der Waals surface area contributed by atoms with E-state index in [9.17, 15) is 5.11 Å². The lowest BCUT2D eigenvalue weighted by Crippen LogP contribution is -2.33. The first kappa shape index (κ1) is 13.7. The van der Waals surface area contributed by atoms with Gasteiger partial charge in [-0.2, -0.15) is 0 Å². The van der Waals surface area contributed by atoms with E-state index in [0.29, 0.717) is 0 Å². The van der Waals surface area contributed by atoms with Gasteiger partial charge in [-0.1, -0.05) is 30.3 Å². The van der Waals surface area contributed by atoms with Crippen LogP contribution in [-0.4, -0.2) is 17.8 Å². The molecule has 2 nitrogen and oxygen atoms in total. The van der Waals surface area contributed by atoms with E-state index in [0.717, 1.165) is 16.8 Å². The van der Waals surface area contributed by atoms with E-state index in [1.165, 1.54) is 10.4 Å². The van der Waals surface area contributed by atoms with E-state index in [-0.39, 0.29) is 12.6 Å². The molecule has 1 atom stereocenters. The maximum Gasteiger partial charge on any atom is 0.0701 e. The standard InChI is InChI=1S/C14H16BrNOS/c15-14-7-6-13(18-14)9-16-12(10-17)8-11-4-2-1-3-5-11/h1-7,12,16-17H,8-10H2. The maximum absolute atomic E-state index is 9.40. The van der Waals surface area contributed by atoms with Gasteiger partial charge in [0.2, 0.25) is 0 Å². The number of hydrogen-bond donors (Lipinski definition) is 2. The number of aliphatic hydroxyl groups excluding tert-OH is 1. The number of thiophene rings is 1. The molecule has 2 N–H and O–H groups in total. The van der Waals surface area contributed by atoms with E-state index in [2.05, 4.69) is 39.4 Å². The molecule has 2 aromatic rings. The Hall–Kier alpha value is -0.680. The zero-order valence-corrected chi connectivity index (χ0v) is 12.4. The Bertz CT molecular complexity index is 472. The van der Waals surface area contributed by atoms with E-state index in [1.807, 2.05) is 24.3 Å². The highest BCUT2D eigenvalue weighted by Gasteiger charge is 2.08. The van der Waals surface area contributed by atoms with Crippen molar-refractivity contribution in [3.8, 4) is 0 Å². The Morgan fingerprint density at radius 3 is 2.56 bits per heavy atom. The lowest BCUT2D eigenvalue weighted by atomic mass is 10.1. The summed E-state index contributed by atoms with van der Waals surface area (Å²) in [6.07, 6.45) is 0.851. The summed E-state index contributed by atoms with van der Waals surface area (Å²) in [6.45, 7) is 0.954. The summed E-state index contributed by atoms with van der Waals surface area (Å²) >= 11 is 5.17. The summed E-state index contributed by atoms with van der Waals surface area (Å²) in [5, 5.41) is 12.8. The Labute approximate surface area is 120 Å². The van der Waals surface area contributed by atoms with Crippen molar-refractivity contribution in [2.24, 2.45) is 0 Å². The van der Waals surface area contributed by atoms with Gasteiger partial charge in [-0.3, -0.25) is 0 Å². The third-order valence-electron chi connectivity index (χ3n) is 2.74. The fourth-order valence-corrected chi connectivity index (χ4v) is 3.23. The van der Waals surface area contributed by atoms with Gasteiger partial charge in [-0.15, -0.1) is 11.3 Å². The molecule has 0 saturated carbocycles. The van der Waals surface area contributed by atoms with E-state index in [4.69, 9.17) is 0 Å². The smallest absolute Gasteiger partial charge is 0.0701 e. The Morgan fingerprint density at radius 1 is 1.17 bits per heavy atom. The lowest BCUT2D eigenvalue weighted by Gasteiger charge is -2.15. The van der Waals surface area contributed by atoms with Crippen molar-refractivity contribution < 1.29 is 5.11 Å². The monoisotopic (exact) mass is 325 g/mol. The number of aliphatic hydroxyl groups is 1. The normalized spacial score (nSPS) is 12.6. The molecule has 0 amide bonds. The van der Waals surface area contributed by atoms with Gasteiger partial charge in [0.15, 0.2) is 0 Å². The van der Waals surface area contributed by atoms with Gasteiger partial charge in [0.25, 0.3) is 0 Å². The first-order chi connectivity index (χ1) is 8.78. The van der Waals surface area contributed by atoms with Crippen molar-refractivity contribution >= 4 is 27.3 Å². The van der Waals surface area contributed by atoms with Crippen LogP contribution >= 0.6 is 27.3 Å². The minimum Gasteiger partial charge on any atom is -0.395 e. The molecule has 1 unspecified atom stereocenters. The molecule has 1 heterocycles. The van der Waals surface area contributed by atoms with Crippen LogP contribution in [0.2, 0.25) is 0 Å². The first-order valence-electron chi connectivity index (χ1n) is 5.90. The van der Waals surface area contributed by atoms with E-state index in [1.54, 1.807) is 11.3 Å². The SMILES string of the molecule is OCC(Cc1ccccc1)NCc1ccc(Br)s1. The molecule has 18 heavy (non-hydrogen) atoms. The topological polar surface area (TPSA) is 32.3 Å². The molecule has 0 aliphatic heterocycles. The van der Waals surface area contributed by atoms with Crippen LogP contribution in [0.3, 0.4) is 0 Å². The Kier molecular flexibility index (Phi) is 5.38. The van der Waals surface area contributed by atoms with Crippen molar-refractivity contribution in [2.75, 3.05) is 6.61 Å².